The summed E-state index contributed by atoms with van der Waals surface area (Å²) in [7, 11) is 1.42. The van der Waals surface area contributed by atoms with Crippen molar-refractivity contribution in [2.45, 2.75) is 0 Å². The highest BCUT2D eigenvalue weighted by atomic mass is 16.5. The Morgan fingerprint density at radius 1 is 1.30 bits per heavy atom. The maximum Gasteiger partial charge on any atom is 0.339 e. The molecule has 0 bridgehead atoms. The van der Waals surface area contributed by atoms with Gasteiger partial charge in [0, 0.05) is 5.56 Å². The molecule has 3 rings (SSSR count). The maximum atomic E-state index is 11.2. The lowest BCUT2D eigenvalue weighted by Crippen LogP contribution is -2.02. The van der Waals surface area contributed by atoms with Crippen LogP contribution in [0.1, 0.15) is 10.4 Å². The van der Waals surface area contributed by atoms with Gasteiger partial charge in [0.2, 0.25) is 0 Å². The molecule has 0 saturated carbocycles. The van der Waals surface area contributed by atoms with Crippen LogP contribution >= 0.6 is 0 Å². The van der Waals surface area contributed by atoms with Gasteiger partial charge in [-0.1, -0.05) is 6.07 Å². The molecule has 0 unspecified atom stereocenters. The van der Waals surface area contributed by atoms with Gasteiger partial charge in [0.15, 0.2) is 5.75 Å². The number of carboxylic acid groups (broad SMARTS) is 1. The largest absolute Gasteiger partial charge is 0.494 e. The minimum Gasteiger partial charge on any atom is -0.494 e. The van der Waals surface area contributed by atoms with E-state index in [2.05, 4.69) is 15.0 Å². The van der Waals surface area contributed by atoms with Gasteiger partial charge in [-0.2, -0.15) is 0 Å². The summed E-state index contributed by atoms with van der Waals surface area (Å²) >= 11 is 0. The number of aromatic carboxylic acids is 1. The number of pyridine rings is 1. The molecule has 20 heavy (non-hydrogen) atoms. The van der Waals surface area contributed by atoms with Gasteiger partial charge in [0.1, 0.15) is 5.56 Å². The minimum absolute atomic E-state index is 0.0854. The first-order chi connectivity index (χ1) is 9.69. The first kappa shape index (κ1) is 12.2. The Bertz CT molecular complexity index is 795. The van der Waals surface area contributed by atoms with Crippen molar-refractivity contribution in [1.29, 1.82) is 0 Å². The summed E-state index contributed by atoms with van der Waals surface area (Å²) in [4.78, 5) is 22.6. The number of aromatic nitrogens is 3. The zero-order chi connectivity index (χ0) is 14.1. The third kappa shape index (κ3) is 1.97. The Balaban J connectivity index is 2.13. The Labute approximate surface area is 114 Å². The molecule has 0 saturated heterocycles. The number of carboxylic acids is 1. The van der Waals surface area contributed by atoms with E-state index in [-0.39, 0.29) is 11.3 Å². The number of benzene rings is 1. The first-order valence-corrected chi connectivity index (χ1v) is 5.90. The van der Waals surface area contributed by atoms with Crippen molar-refractivity contribution in [3.8, 4) is 17.0 Å². The summed E-state index contributed by atoms with van der Waals surface area (Å²) in [5.74, 6) is -0.808. The molecule has 0 aliphatic heterocycles. The van der Waals surface area contributed by atoms with E-state index in [1.54, 1.807) is 6.33 Å². The van der Waals surface area contributed by atoms with Gasteiger partial charge in [0.25, 0.3) is 0 Å². The Morgan fingerprint density at radius 3 is 2.90 bits per heavy atom. The second-order valence-electron chi connectivity index (χ2n) is 4.21. The predicted molar refractivity (Wildman–Crippen MR) is 72.8 cm³/mol. The van der Waals surface area contributed by atoms with Gasteiger partial charge in [-0.3, -0.25) is 4.98 Å². The van der Waals surface area contributed by atoms with Crippen LogP contribution in [0.5, 0.6) is 5.75 Å². The van der Waals surface area contributed by atoms with Crippen LogP contribution < -0.4 is 4.74 Å². The first-order valence-electron chi connectivity index (χ1n) is 5.90. The number of imidazole rings is 1. The molecule has 2 aromatic heterocycles. The van der Waals surface area contributed by atoms with E-state index in [0.717, 1.165) is 16.6 Å². The van der Waals surface area contributed by atoms with Crippen molar-refractivity contribution in [3.63, 3.8) is 0 Å². The molecular weight excluding hydrogens is 258 g/mol. The molecule has 1 aromatic carbocycles. The zero-order valence-corrected chi connectivity index (χ0v) is 10.6. The number of aromatic amines is 1. The van der Waals surface area contributed by atoms with E-state index in [4.69, 9.17) is 4.74 Å². The molecule has 0 spiro atoms. The smallest absolute Gasteiger partial charge is 0.339 e. The summed E-state index contributed by atoms with van der Waals surface area (Å²) in [5, 5.41) is 9.18. The molecule has 0 amide bonds. The SMILES string of the molecule is COc1cnc(-c2ccc3nc[nH]c3c2)cc1C(=O)O. The predicted octanol–water partition coefficient (Wildman–Crippen LogP) is 2.33. The van der Waals surface area contributed by atoms with Crippen LogP contribution in [0.15, 0.2) is 36.8 Å². The second-order valence-corrected chi connectivity index (χ2v) is 4.21. The van der Waals surface area contributed by atoms with Crippen molar-refractivity contribution >= 4 is 17.0 Å². The van der Waals surface area contributed by atoms with Crippen LogP contribution in [0.2, 0.25) is 0 Å². The number of hydrogen-bond donors (Lipinski definition) is 2. The lowest BCUT2D eigenvalue weighted by atomic mass is 10.1. The number of nitrogens with zero attached hydrogens (tertiary/aromatic N) is 2. The van der Waals surface area contributed by atoms with Crippen LogP contribution in [-0.4, -0.2) is 33.1 Å². The highest BCUT2D eigenvalue weighted by Crippen LogP contribution is 2.25. The van der Waals surface area contributed by atoms with Crippen molar-refractivity contribution in [2.75, 3.05) is 7.11 Å². The molecule has 0 aliphatic carbocycles. The molecule has 6 heteroatoms. The van der Waals surface area contributed by atoms with E-state index >= 15 is 0 Å². The number of fused-ring (bicyclic) bond motifs is 1. The Morgan fingerprint density at radius 2 is 2.15 bits per heavy atom. The van der Waals surface area contributed by atoms with Gasteiger partial charge in [-0.25, -0.2) is 9.78 Å². The van der Waals surface area contributed by atoms with E-state index < -0.39 is 5.97 Å². The molecule has 2 N–H and O–H groups in total. The van der Waals surface area contributed by atoms with Gasteiger partial charge >= 0.3 is 5.97 Å². The van der Waals surface area contributed by atoms with Crippen molar-refractivity contribution in [1.82, 2.24) is 15.0 Å². The summed E-state index contributed by atoms with van der Waals surface area (Å²) in [5.41, 5.74) is 3.19. The molecule has 100 valence electrons. The monoisotopic (exact) mass is 269 g/mol. The van der Waals surface area contributed by atoms with Gasteiger partial charge < -0.3 is 14.8 Å². The summed E-state index contributed by atoms with van der Waals surface area (Å²) in [6.45, 7) is 0. The zero-order valence-electron chi connectivity index (χ0n) is 10.6. The third-order valence-corrected chi connectivity index (χ3v) is 3.03. The standard InChI is InChI=1S/C14H11N3O3/c1-20-13-6-15-11(5-9(13)14(18)19)8-2-3-10-12(4-8)17-7-16-10/h2-7H,1H3,(H,16,17)(H,18,19). The van der Waals surface area contributed by atoms with Crippen molar-refractivity contribution in [3.05, 3.63) is 42.4 Å². The fraction of sp³-hybridized carbons (Fsp3) is 0.0714. The number of methoxy groups -OCH3 is 1. The average molecular weight is 269 g/mol. The molecular formula is C14H11N3O3. The molecule has 0 radical (unpaired) electrons. The van der Waals surface area contributed by atoms with Crippen LogP contribution in [0.25, 0.3) is 22.3 Å². The molecule has 3 aromatic rings. The minimum atomic E-state index is -1.05. The van der Waals surface area contributed by atoms with E-state index in [1.165, 1.54) is 19.4 Å². The number of hydrogen-bond acceptors (Lipinski definition) is 4. The number of H-pyrrole nitrogens is 1. The number of carbonyl (C=O) groups is 1. The quantitative estimate of drug-likeness (QED) is 0.761. The van der Waals surface area contributed by atoms with Crippen molar-refractivity contribution in [2.24, 2.45) is 0 Å². The van der Waals surface area contributed by atoms with Crippen molar-refractivity contribution < 1.29 is 14.6 Å². The highest BCUT2D eigenvalue weighted by Gasteiger charge is 2.13. The number of nitrogens with one attached hydrogen (secondary N) is 1. The maximum absolute atomic E-state index is 11.2. The third-order valence-electron chi connectivity index (χ3n) is 3.03. The van der Waals surface area contributed by atoms with E-state index in [1.807, 2.05) is 18.2 Å². The lowest BCUT2D eigenvalue weighted by molar-refractivity contribution is 0.0693. The highest BCUT2D eigenvalue weighted by molar-refractivity contribution is 5.92. The van der Waals surface area contributed by atoms with Gasteiger partial charge in [-0.05, 0) is 18.2 Å². The summed E-state index contributed by atoms with van der Waals surface area (Å²) in [6.07, 6.45) is 3.02. The fourth-order valence-electron chi connectivity index (χ4n) is 2.03. The number of ether oxygens (including phenoxy) is 1. The summed E-state index contributed by atoms with van der Waals surface area (Å²) < 4.78 is 5.00. The van der Waals surface area contributed by atoms with Crippen LogP contribution in [0, 0.1) is 0 Å². The second kappa shape index (κ2) is 4.65. The molecule has 0 atom stereocenters. The molecule has 2 heterocycles. The summed E-state index contributed by atoms with van der Waals surface area (Å²) in [6, 6.07) is 7.08. The molecule has 0 aliphatic rings. The fourth-order valence-corrected chi connectivity index (χ4v) is 2.03. The van der Waals surface area contributed by atoms with E-state index in [0.29, 0.717) is 5.69 Å². The van der Waals surface area contributed by atoms with Gasteiger partial charge in [0.05, 0.1) is 36.4 Å². The molecule has 0 fully saturated rings. The van der Waals surface area contributed by atoms with Crippen LogP contribution in [-0.2, 0) is 0 Å². The number of rotatable bonds is 3. The average Bonchev–Trinajstić information content (AvgIpc) is 2.93. The molecule has 6 nitrogen and oxygen atoms in total. The van der Waals surface area contributed by atoms with Crippen LogP contribution in [0.4, 0.5) is 0 Å². The topological polar surface area (TPSA) is 88.1 Å². The lowest BCUT2D eigenvalue weighted by Gasteiger charge is -2.07. The normalized spacial score (nSPS) is 10.7. The van der Waals surface area contributed by atoms with Gasteiger partial charge in [-0.15, -0.1) is 0 Å². The Hall–Kier alpha value is -2.89. The Kier molecular flexibility index (Phi) is 2.83. The van der Waals surface area contributed by atoms with Crippen LogP contribution in [0.3, 0.4) is 0 Å². The van der Waals surface area contributed by atoms with E-state index in [9.17, 15) is 9.90 Å².